The monoisotopic (exact) mass is 330 g/mol. The third kappa shape index (κ3) is 3.26. The number of hydrogen-bond donors (Lipinski definition) is 4. The van der Waals surface area contributed by atoms with Gasteiger partial charge in [0.05, 0.1) is 18.1 Å². The molecule has 4 N–H and O–H groups in total. The van der Waals surface area contributed by atoms with E-state index >= 15 is 0 Å². The number of esters is 1. The lowest BCUT2D eigenvalue weighted by molar-refractivity contribution is -0.293. The zero-order valence-corrected chi connectivity index (χ0v) is 13.2. The molecule has 2 heterocycles. The molecule has 130 valence electrons. The van der Waals surface area contributed by atoms with Crippen LogP contribution in [0.3, 0.4) is 0 Å². The number of cyclic esters (lactones) is 1. The van der Waals surface area contributed by atoms with Crippen LogP contribution < -0.4 is 0 Å². The number of rotatable bonds is 3. The van der Waals surface area contributed by atoms with Crippen molar-refractivity contribution in [2.24, 2.45) is 5.92 Å². The molecule has 0 amide bonds. The predicted octanol–water partition coefficient (Wildman–Crippen LogP) is -0.826. The fourth-order valence-corrected chi connectivity index (χ4v) is 2.62. The highest BCUT2D eigenvalue weighted by Gasteiger charge is 2.46. The molecule has 0 aromatic rings. The van der Waals surface area contributed by atoms with E-state index in [9.17, 15) is 25.2 Å². The smallest absolute Gasteiger partial charge is 0.342 e. The molecule has 23 heavy (non-hydrogen) atoms. The highest BCUT2D eigenvalue weighted by Crippen LogP contribution is 2.34. The van der Waals surface area contributed by atoms with Crippen molar-refractivity contribution in [3.8, 4) is 0 Å². The van der Waals surface area contributed by atoms with Crippen LogP contribution in [0.5, 0.6) is 0 Å². The molecule has 2 rings (SSSR count). The number of aliphatic hydroxyl groups is 4. The average molecular weight is 330 g/mol. The van der Waals surface area contributed by atoms with Crippen molar-refractivity contribution < 1.29 is 39.4 Å². The molecule has 8 nitrogen and oxygen atoms in total. The number of carbonyl (C=O) groups excluding carboxylic acids is 1. The summed E-state index contributed by atoms with van der Waals surface area (Å²) < 4.78 is 16.0. The molecule has 0 aliphatic carbocycles. The first kappa shape index (κ1) is 17.9. The molecule has 0 spiro atoms. The molecule has 0 aromatic carbocycles. The van der Waals surface area contributed by atoms with Gasteiger partial charge in [0, 0.05) is 0 Å². The molecule has 1 saturated heterocycles. The van der Waals surface area contributed by atoms with E-state index in [4.69, 9.17) is 14.2 Å². The predicted molar refractivity (Wildman–Crippen MR) is 76.6 cm³/mol. The zero-order valence-electron chi connectivity index (χ0n) is 13.2. The first-order valence-corrected chi connectivity index (χ1v) is 7.38. The minimum atomic E-state index is -1.54. The summed E-state index contributed by atoms with van der Waals surface area (Å²) >= 11 is 0. The fraction of sp³-hybridized carbons (Fsp3) is 0.667. The van der Waals surface area contributed by atoms with Gasteiger partial charge in [0.2, 0.25) is 6.29 Å². The zero-order chi connectivity index (χ0) is 17.3. The van der Waals surface area contributed by atoms with Gasteiger partial charge in [-0.05, 0) is 26.8 Å². The summed E-state index contributed by atoms with van der Waals surface area (Å²) in [6, 6.07) is 0. The van der Waals surface area contributed by atoms with Gasteiger partial charge in [-0.15, -0.1) is 0 Å². The maximum absolute atomic E-state index is 11.8. The van der Waals surface area contributed by atoms with Crippen molar-refractivity contribution in [1.82, 2.24) is 0 Å². The van der Waals surface area contributed by atoms with E-state index in [1.54, 1.807) is 19.9 Å². The van der Waals surface area contributed by atoms with Crippen molar-refractivity contribution in [3.63, 3.8) is 0 Å². The SMILES string of the molecule is C/C=C1/OC(=O)C(C)=C(O[C@@H]2O[C@H](CO)[C@@H](O)[C@H](O)[C@H]2O)C1C. The van der Waals surface area contributed by atoms with Crippen LogP contribution in [0.15, 0.2) is 23.2 Å². The second-order valence-electron chi connectivity index (χ2n) is 5.61. The Labute approximate surface area is 133 Å². The molecule has 2 aliphatic rings. The van der Waals surface area contributed by atoms with Crippen molar-refractivity contribution >= 4 is 5.97 Å². The summed E-state index contributed by atoms with van der Waals surface area (Å²) in [5, 5.41) is 38.8. The van der Waals surface area contributed by atoms with E-state index in [2.05, 4.69) is 0 Å². The lowest BCUT2D eigenvalue weighted by Gasteiger charge is -2.41. The van der Waals surface area contributed by atoms with Gasteiger partial charge in [0.1, 0.15) is 35.9 Å². The number of carbonyl (C=O) groups is 1. The van der Waals surface area contributed by atoms with Crippen LogP contribution in [-0.4, -0.2) is 63.7 Å². The Balaban J connectivity index is 2.25. The summed E-state index contributed by atoms with van der Waals surface area (Å²) in [7, 11) is 0. The summed E-state index contributed by atoms with van der Waals surface area (Å²) in [5.74, 6) is -0.306. The Hall–Kier alpha value is -1.45. The molecule has 0 bridgehead atoms. The molecular weight excluding hydrogens is 308 g/mol. The summed E-state index contributed by atoms with van der Waals surface area (Å²) in [4.78, 5) is 11.8. The minimum Gasteiger partial charge on any atom is -0.465 e. The topological polar surface area (TPSA) is 126 Å². The normalized spacial score (nSPS) is 40.3. The van der Waals surface area contributed by atoms with E-state index in [0.29, 0.717) is 5.76 Å². The third-order valence-corrected chi connectivity index (χ3v) is 4.08. The van der Waals surface area contributed by atoms with E-state index < -0.39 is 43.3 Å². The molecule has 6 atom stereocenters. The molecule has 8 heteroatoms. The van der Waals surface area contributed by atoms with Crippen molar-refractivity contribution in [2.75, 3.05) is 6.61 Å². The number of hydrogen-bond acceptors (Lipinski definition) is 8. The van der Waals surface area contributed by atoms with Crippen LogP contribution in [0.25, 0.3) is 0 Å². The fourth-order valence-electron chi connectivity index (χ4n) is 2.62. The summed E-state index contributed by atoms with van der Waals surface area (Å²) in [5.41, 5.74) is 0.222. The molecule has 0 saturated carbocycles. The van der Waals surface area contributed by atoms with Gasteiger partial charge in [-0.25, -0.2) is 4.79 Å². The van der Waals surface area contributed by atoms with Crippen LogP contribution >= 0.6 is 0 Å². The third-order valence-electron chi connectivity index (χ3n) is 4.08. The highest BCUT2D eigenvalue weighted by atomic mass is 16.7. The van der Waals surface area contributed by atoms with Crippen molar-refractivity contribution in [1.29, 1.82) is 0 Å². The van der Waals surface area contributed by atoms with Gasteiger partial charge in [-0.3, -0.25) is 0 Å². The Morgan fingerprint density at radius 1 is 1.22 bits per heavy atom. The second kappa shape index (κ2) is 6.98. The standard InChI is InChI=1S/C15H22O8/c1-4-8-6(2)13(7(3)14(20)21-8)23-15-12(19)11(18)10(17)9(5-16)22-15/h4,6,9-12,15-19H,5H2,1-3H3/b8-4+/t6?,9-,10-,11+,12-,15+/m1/s1. The summed E-state index contributed by atoms with van der Waals surface area (Å²) in [6.07, 6.45) is -5.32. The van der Waals surface area contributed by atoms with Crippen molar-refractivity contribution in [2.45, 2.75) is 51.5 Å². The number of aliphatic hydroxyl groups excluding tert-OH is 4. The van der Waals surface area contributed by atoms with E-state index in [0.717, 1.165) is 0 Å². The van der Waals surface area contributed by atoms with Gasteiger partial charge >= 0.3 is 5.97 Å². The second-order valence-corrected chi connectivity index (χ2v) is 5.61. The van der Waals surface area contributed by atoms with Crippen LogP contribution in [0.4, 0.5) is 0 Å². The maximum atomic E-state index is 11.8. The maximum Gasteiger partial charge on any atom is 0.342 e. The molecule has 1 unspecified atom stereocenters. The molecule has 0 radical (unpaired) electrons. The largest absolute Gasteiger partial charge is 0.465 e. The van der Waals surface area contributed by atoms with E-state index in [1.807, 2.05) is 0 Å². The van der Waals surface area contributed by atoms with Crippen LogP contribution in [0.2, 0.25) is 0 Å². The van der Waals surface area contributed by atoms with Crippen LogP contribution in [0, 0.1) is 5.92 Å². The summed E-state index contributed by atoms with van der Waals surface area (Å²) in [6.45, 7) is 4.43. The molecule has 1 fully saturated rings. The lowest BCUT2D eigenvalue weighted by atomic mass is 9.98. The molecular formula is C15H22O8. The number of allylic oxidation sites excluding steroid dienone is 1. The Bertz CT molecular complexity index is 524. The quantitative estimate of drug-likeness (QED) is 0.494. The Kier molecular flexibility index (Phi) is 5.43. The Morgan fingerprint density at radius 2 is 1.87 bits per heavy atom. The van der Waals surface area contributed by atoms with E-state index in [1.165, 1.54) is 6.92 Å². The van der Waals surface area contributed by atoms with Crippen molar-refractivity contribution in [3.05, 3.63) is 23.2 Å². The first-order chi connectivity index (χ1) is 10.8. The lowest BCUT2D eigenvalue weighted by Crippen LogP contribution is -2.59. The Morgan fingerprint density at radius 3 is 2.43 bits per heavy atom. The van der Waals surface area contributed by atoms with Gasteiger partial charge in [0.15, 0.2) is 0 Å². The van der Waals surface area contributed by atoms with Gasteiger partial charge in [-0.2, -0.15) is 0 Å². The van der Waals surface area contributed by atoms with Crippen LogP contribution in [0.1, 0.15) is 20.8 Å². The average Bonchev–Trinajstić information content (AvgIpc) is 2.54. The van der Waals surface area contributed by atoms with E-state index in [-0.39, 0.29) is 17.3 Å². The molecule has 2 aliphatic heterocycles. The first-order valence-electron chi connectivity index (χ1n) is 7.38. The van der Waals surface area contributed by atoms with Gasteiger partial charge < -0.3 is 34.6 Å². The minimum absolute atomic E-state index is 0.222. The number of ether oxygens (including phenoxy) is 3. The molecule has 0 aromatic heterocycles. The van der Waals surface area contributed by atoms with Gasteiger partial charge in [0.25, 0.3) is 0 Å². The van der Waals surface area contributed by atoms with Gasteiger partial charge in [-0.1, -0.05) is 0 Å². The van der Waals surface area contributed by atoms with Crippen LogP contribution in [-0.2, 0) is 19.0 Å². The highest BCUT2D eigenvalue weighted by molar-refractivity contribution is 5.90.